The van der Waals surface area contributed by atoms with Crippen LogP contribution < -0.4 is 0 Å². The first-order chi connectivity index (χ1) is 6.46. The van der Waals surface area contributed by atoms with Gasteiger partial charge in [0, 0.05) is 11.5 Å². The van der Waals surface area contributed by atoms with Gasteiger partial charge < -0.3 is 4.43 Å². The van der Waals surface area contributed by atoms with Gasteiger partial charge in [0.1, 0.15) is 0 Å². The van der Waals surface area contributed by atoms with Gasteiger partial charge in [0.05, 0.1) is 0 Å². The number of carbonyl (C=O) groups is 1. The topological polar surface area (TPSA) is 26.3 Å². The average Bonchev–Trinajstić information content (AvgIpc) is 2.59. The Labute approximate surface area is 85.8 Å². The van der Waals surface area contributed by atoms with Crippen LogP contribution in [0.5, 0.6) is 0 Å². The summed E-state index contributed by atoms with van der Waals surface area (Å²) in [5.41, 5.74) is 0.889. The Hall–Kier alpha value is -0.833. The van der Waals surface area contributed by atoms with Gasteiger partial charge in [0.25, 0.3) is 0 Å². The van der Waals surface area contributed by atoms with E-state index in [1.165, 1.54) is 0 Å². The molecule has 0 radical (unpaired) electrons. The first-order valence-electron chi connectivity index (χ1n) is 5.09. The summed E-state index contributed by atoms with van der Waals surface area (Å²) in [6.07, 6.45) is 7.45. The normalized spacial score (nSPS) is 29.2. The Morgan fingerprint density at radius 2 is 2.14 bits per heavy atom. The van der Waals surface area contributed by atoms with Crippen LogP contribution in [0.1, 0.15) is 6.42 Å². The van der Waals surface area contributed by atoms with Gasteiger partial charge in [-0.25, -0.2) is 4.79 Å². The minimum Gasteiger partial charge on any atom is -0.517 e. The summed E-state index contributed by atoms with van der Waals surface area (Å²) < 4.78 is 5.47. The molecule has 0 amide bonds. The lowest BCUT2D eigenvalue weighted by Gasteiger charge is -2.19. The van der Waals surface area contributed by atoms with Crippen molar-refractivity contribution in [3.05, 3.63) is 23.8 Å². The fraction of sp³-hybridized carbons (Fsp3) is 0.545. The number of hydrogen-bond acceptors (Lipinski definition) is 2. The first-order valence-corrected chi connectivity index (χ1v) is 8.50. The van der Waals surface area contributed by atoms with Gasteiger partial charge in [-0.3, -0.25) is 0 Å². The summed E-state index contributed by atoms with van der Waals surface area (Å²) in [5.74, 6) is 0.744. The summed E-state index contributed by atoms with van der Waals surface area (Å²) in [5, 5.41) is 0. The molecule has 2 nitrogen and oxygen atoms in total. The summed E-state index contributed by atoms with van der Waals surface area (Å²) in [6, 6.07) is 0. The van der Waals surface area contributed by atoms with Gasteiger partial charge in [-0.05, 0) is 32.0 Å². The van der Waals surface area contributed by atoms with E-state index in [4.69, 9.17) is 4.43 Å². The smallest absolute Gasteiger partial charge is 0.320 e. The molecular weight excluding hydrogens is 192 g/mol. The highest BCUT2D eigenvalue weighted by Gasteiger charge is 2.34. The molecular formula is C11H16O2Si. The molecule has 2 atom stereocenters. The van der Waals surface area contributed by atoms with Crippen molar-refractivity contribution in [1.82, 2.24) is 0 Å². The molecule has 0 spiro atoms. The Balaban J connectivity index is 2.04. The van der Waals surface area contributed by atoms with Crippen molar-refractivity contribution in [1.29, 1.82) is 0 Å². The molecule has 0 fully saturated rings. The molecule has 2 unspecified atom stereocenters. The molecule has 0 heterocycles. The Kier molecular flexibility index (Phi) is 2.14. The Morgan fingerprint density at radius 3 is 2.57 bits per heavy atom. The number of hydrogen-bond donors (Lipinski definition) is 0. The number of carbonyl (C=O) groups excluding carboxylic acids is 1. The quantitative estimate of drug-likeness (QED) is 0.515. The van der Waals surface area contributed by atoms with Crippen molar-refractivity contribution in [3.63, 3.8) is 0 Å². The fourth-order valence-electron chi connectivity index (χ4n) is 1.99. The van der Waals surface area contributed by atoms with Crippen LogP contribution >= 0.6 is 0 Å². The van der Waals surface area contributed by atoms with Crippen LogP contribution in [0, 0.1) is 11.8 Å². The second kappa shape index (κ2) is 3.09. The maximum absolute atomic E-state index is 11.8. The summed E-state index contributed by atoms with van der Waals surface area (Å²) in [4.78, 5) is 11.8. The van der Waals surface area contributed by atoms with E-state index in [9.17, 15) is 4.79 Å². The summed E-state index contributed by atoms with van der Waals surface area (Å²) in [6.45, 7) is 6.11. The highest BCUT2D eigenvalue weighted by molar-refractivity contribution is 6.71. The Morgan fingerprint density at radius 1 is 1.43 bits per heavy atom. The minimum atomic E-state index is -1.73. The largest absolute Gasteiger partial charge is 0.517 e. The third-order valence-electron chi connectivity index (χ3n) is 2.54. The molecule has 0 saturated heterocycles. The molecule has 0 aromatic carbocycles. The van der Waals surface area contributed by atoms with Gasteiger partial charge in [-0.15, -0.1) is 0 Å². The first kappa shape index (κ1) is 9.71. The van der Waals surface area contributed by atoms with Crippen molar-refractivity contribution in [2.45, 2.75) is 26.1 Å². The van der Waals surface area contributed by atoms with E-state index >= 15 is 0 Å². The Bertz CT molecular complexity index is 323. The van der Waals surface area contributed by atoms with Crippen molar-refractivity contribution < 1.29 is 9.22 Å². The van der Waals surface area contributed by atoms with E-state index in [1.54, 1.807) is 0 Å². The van der Waals surface area contributed by atoms with E-state index in [0.717, 1.165) is 12.0 Å². The van der Waals surface area contributed by atoms with E-state index in [1.807, 2.05) is 19.6 Å². The molecule has 0 aliphatic heterocycles. The highest BCUT2D eigenvalue weighted by atomic mass is 28.4. The van der Waals surface area contributed by atoms with E-state index < -0.39 is 8.32 Å². The standard InChI is InChI=1S/C11H16O2Si/c1-14(2,3)13-11(12)10-7-8-4-5-9(10)6-8/h4-5,7-9H,6H2,1-3H3. The third kappa shape index (κ3) is 1.82. The van der Waals surface area contributed by atoms with Crippen LogP contribution in [-0.2, 0) is 9.22 Å². The van der Waals surface area contributed by atoms with Gasteiger partial charge in [-0.2, -0.15) is 0 Å². The van der Waals surface area contributed by atoms with Crippen LogP contribution in [0.4, 0.5) is 0 Å². The highest BCUT2D eigenvalue weighted by Crippen LogP contribution is 2.38. The van der Waals surface area contributed by atoms with Crippen molar-refractivity contribution in [2.24, 2.45) is 11.8 Å². The molecule has 3 heteroatoms. The van der Waals surface area contributed by atoms with Crippen molar-refractivity contribution >= 4 is 14.3 Å². The van der Waals surface area contributed by atoms with Gasteiger partial charge >= 0.3 is 5.97 Å². The molecule has 2 aliphatic carbocycles. The number of allylic oxidation sites excluding steroid dienone is 3. The predicted molar refractivity (Wildman–Crippen MR) is 58.3 cm³/mol. The SMILES string of the molecule is C[Si](C)(C)OC(=O)C1=CC2C=CC1C2. The van der Waals surface area contributed by atoms with Gasteiger partial charge in [-0.1, -0.05) is 18.2 Å². The van der Waals surface area contributed by atoms with Crippen LogP contribution in [0.3, 0.4) is 0 Å². The zero-order valence-electron chi connectivity index (χ0n) is 8.91. The monoisotopic (exact) mass is 208 g/mol. The molecule has 2 bridgehead atoms. The molecule has 2 rings (SSSR count). The second-order valence-electron chi connectivity index (χ2n) is 5.01. The zero-order valence-corrected chi connectivity index (χ0v) is 9.91. The minimum absolute atomic E-state index is 0.0824. The summed E-state index contributed by atoms with van der Waals surface area (Å²) in [7, 11) is -1.73. The van der Waals surface area contributed by atoms with E-state index in [0.29, 0.717) is 11.8 Å². The maximum atomic E-state index is 11.8. The summed E-state index contributed by atoms with van der Waals surface area (Å²) >= 11 is 0. The van der Waals surface area contributed by atoms with Crippen LogP contribution in [0.25, 0.3) is 0 Å². The molecule has 76 valence electrons. The van der Waals surface area contributed by atoms with Crippen molar-refractivity contribution in [3.8, 4) is 0 Å². The fourth-order valence-corrected chi connectivity index (χ4v) is 2.67. The predicted octanol–water partition coefficient (Wildman–Crippen LogP) is 2.50. The van der Waals surface area contributed by atoms with Crippen LogP contribution in [0.15, 0.2) is 23.8 Å². The molecule has 0 aromatic heterocycles. The molecule has 2 aliphatic rings. The average molecular weight is 208 g/mol. The van der Waals surface area contributed by atoms with Gasteiger partial charge in [0.15, 0.2) is 0 Å². The lowest BCUT2D eigenvalue weighted by atomic mass is 10.0. The molecule has 0 aromatic rings. The molecule has 0 N–H and O–H groups in total. The van der Waals surface area contributed by atoms with E-state index in [-0.39, 0.29) is 5.97 Å². The maximum Gasteiger partial charge on any atom is 0.320 e. The van der Waals surface area contributed by atoms with Crippen LogP contribution in [-0.4, -0.2) is 14.3 Å². The van der Waals surface area contributed by atoms with E-state index in [2.05, 4.69) is 18.2 Å². The van der Waals surface area contributed by atoms with Crippen LogP contribution in [0.2, 0.25) is 19.6 Å². The van der Waals surface area contributed by atoms with Crippen molar-refractivity contribution in [2.75, 3.05) is 0 Å². The second-order valence-corrected chi connectivity index (χ2v) is 9.44. The third-order valence-corrected chi connectivity index (χ3v) is 3.34. The lowest BCUT2D eigenvalue weighted by Crippen LogP contribution is -2.30. The number of rotatable bonds is 2. The molecule has 14 heavy (non-hydrogen) atoms. The van der Waals surface area contributed by atoms with Gasteiger partial charge in [0.2, 0.25) is 8.32 Å². The zero-order chi connectivity index (χ0) is 10.3. The molecule has 0 saturated carbocycles. The number of fused-ring (bicyclic) bond motifs is 2. The lowest BCUT2D eigenvalue weighted by molar-refractivity contribution is -0.131.